The zero-order chi connectivity index (χ0) is 17.5. The van der Waals surface area contributed by atoms with Gasteiger partial charge in [-0.2, -0.15) is 0 Å². The van der Waals surface area contributed by atoms with Crippen molar-refractivity contribution in [2.24, 2.45) is 0 Å². The largest absolute Gasteiger partial charge is 0.376 e. The van der Waals surface area contributed by atoms with Crippen molar-refractivity contribution in [3.8, 4) is 0 Å². The molecule has 2 aliphatic rings. The number of amides is 4. The zero-order valence-electron chi connectivity index (χ0n) is 14.4. The lowest BCUT2D eigenvalue weighted by Gasteiger charge is -2.32. The molecule has 0 aliphatic carbocycles. The number of carbonyl (C=O) groups excluding carboxylic acids is 2. The van der Waals surface area contributed by atoms with Crippen molar-refractivity contribution >= 4 is 17.7 Å². The van der Waals surface area contributed by atoms with Gasteiger partial charge >= 0.3 is 12.1 Å². The number of likely N-dealkylation sites (tertiary alicyclic amines) is 1. The maximum Gasteiger partial charge on any atom is 0.319 e. The van der Waals surface area contributed by atoms with E-state index >= 15 is 0 Å². The second kappa shape index (κ2) is 8.71. The molecular weight excluding hydrogens is 320 g/mol. The summed E-state index contributed by atoms with van der Waals surface area (Å²) in [5.41, 5.74) is 0.769. The Morgan fingerprint density at radius 2 is 1.88 bits per heavy atom. The molecule has 0 bridgehead atoms. The summed E-state index contributed by atoms with van der Waals surface area (Å²) < 4.78 is 5.51. The Kier molecular flexibility index (Phi) is 6.11. The molecule has 3 rings (SSSR count). The predicted octanol–water partition coefficient (Wildman–Crippen LogP) is 2.16. The van der Waals surface area contributed by atoms with Gasteiger partial charge in [-0.25, -0.2) is 9.59 Å². The van der Waals surface area contributed by atoms with Crippen LogP contribution in [-0.4, -0.2) is 55.3 Å². The van der Waals surface area contributed by atoms with Gasteiger partial charge in [0.05, 0.1) is 6.10 Å². The number of anilines is 1. The first kappa shape index (κ1) is 17.5. The summed E-state index contributed by atoms with van der Waals surface area (Å²) >= 11 is 0. The van der Waals surface area contributed by atoms with E-state index in [4.69, 9.17) is 4.74 Å². The smallest absolute Gasteiger partial charge is 0.319 e. The Morgan fingerprint density at radius 1 is 1.12 bits per heavy atom. The predicted molar refractivity (Wildman–Crippen MR) is 95.6 cm³/mol. The van der Waals surface area contributed by atoms with Gasteiger partial charge in [0.15, 0.2) is 0 Å². The number of rotatable bonds is 4. The lowest BCUT2D eigenvalue weighted by atomic mass is 10.1. The minimum absolute atomic E-state index is 0.0392. The van der Waals surface area contributed by atoms with Crippen LogP contribution >= 0.6 is 0 Å². The molecule has 0 radical (unpaired) electrons. The summed E-state index contributed by atoms with van der Waals surface area (Å²) in [5.74, 6) is 0. The monoisotopic (exact) mass is 346 g/mol. The fourth-order valence-electron chi connectivity index (χ4n) is 3.22. The molecule has 2 heterocycles. The molecule has 1 atom stereocenters. The summed E-state index contributed by atoms with van der Waals surface area (Å²) in [6.45, 7) is 2.67. The highest BCUT2D eigenvalue weighted by Gasteiger charge is 2.24. The Morgan fingerprint density at radius 3 is 2.56 bits per heavy atom. The van der Waals surface area contributed by atoms with Gasteiger partial charge in [0, 0.05) is 38.0 Å². The van der Waals surface area contributed by atoms with Crippen LogP contribution < -0.4 is 16.0 Å². The van der Waals surface area contributed by atoms with Crippen molar-refractivity contribution in [3.05, 3.63) is 30.3 Å². The van der Waals surface area contributed by atoms with Gasteiger partial charge in [0.25, 0.3) is 0 Å². The molecule has 0 spiro atoms. The summed E-state index contributed by atoms with van der Waals surface area (Å²) in [6.07, 6.45) is 3.76. The molecule has 2 aliphatic heterocycles. The van der Waals surface area contributed by atoms with Crippen LogP contribution in [0.25, 0.3) is 0 Å². The number of carbonyl (C=O) groups is 2. The zero-order valence-corrected chi connectivity index (χ0v) is 14.4. The number of ether oxygens (including phenoxy) is 1. The minimum atomic E-state index is -0.201. The maximum absolute atomic E-state index is 12.2. The maximum atomic E-state index is 12.2. The van der Waals surface area contributed by atoms with E-state index in [9.17, 15) is 9.59 Å². The molecule has 0 saturated carbocycles. The highest BCUT2D eigenvalue weighted by Crippen LogP contribution is 2.13. The second-order valence-corrected chi connectivity index (χ2v) is 6.55. The number of urea groups is 2. The average molecular weight is 346 g/mol. The van der Waals surface area contributed by atoms with E-state index in [0.29, 0.717) is 19.6 Å². The topological polar surface area (TPSA) is 82.7 Å². The summed E-state index contributed by atoms with van der Waals surface area (Å²) in [4.78, 5) is 26.0. The number of para-hydroxylation sites is 1. The summed E-state index contributed by atoms with van der Waals surface area (Å²) in [5, 5.41) is 8.74. The molecule has 2 fully saturated rings. The molecule has 1 aromatic carbocycles. The molecule has 7 nitrogen and oxygen atoms in total. The quantitative estimate of drug-likeness (QED) is 0.781. The number of nitrogens with one attached hydrogen (secondary N) is 3. The molecule has 1 aromatic rings. The van der Waals surface area contributed by atoms with Gasteiger partial charge < -0.3 is 25.6 Å². The van der Waals surface area contributed by atoms with Crippen LogP contribution in [0.5, 0.6) is 0 Å². The standard InChI is InChI=1S/C18H26N4O3/c23-17(20-14-5-2-1-3-6-14)21-15-8-10-22(11-9-15)18(24)19-13-16-7-4-12-25-16/h1-3,5-6,15-16H,4,7-13H2,(H,19,24)(H2,20,21,23)/t16-/m0/s1. The van der Waals surface area contributed by atoms with Gasteiger partial charge in [0.1, 0.15) is 0 Å². The number of hydrogen-bond donors (Lipinski definition) is 3. The summed E-state index contributed by atoms with van der Waals surface area (Å²) in [7, 11) is 0. The van der Waals surface area contributed by atoms with E-state index < -0.39 is 0 Å². The molecule has 0 aromatic heterocycles. The van der Waals surface area contributed by atoms with E-state index in [1.807, 2.05) is 35.2 Å². The second-order valence-electron chi connectivity index (χ2n) is 6.55. The molecule has 3 N–H and O–H groups in total. The van der Waals surface area contributed by atoms with E-state index in [-0.39, 0.29) is 24.2 Å². The van der Waals surface area contributed by atoms with Crippen molar-refractivity contribution in [2.75, 3.05) is 31.6 Å². The molecular formula is C18H26N4O3. The first-order valence-electron chi connectivity index (χ1n) is 8.97. The first-order chi connectivity index (χ1) is 12.2. The molecule has 0 unspecified atom stereocenters. The minimum Gasteiger partial charge on any atom is -0.376 e. The molecule has 7 heteroatoms. The van der Waals surface area contributed by atoms with E-state index in [2.05, 4.69) is 16.0 Å². The summed E-state index contributed by atoms with van der Waals surface area (Å²) in [6, 6.07) is 9.21. The van der Waals surface area contributed by atoms with Crippen LogP contribution in [0, 0.1) is 0 Å². The molecule has 25 heavy (non-hydrogen) atoms. The SMILES string of the molecule is O=C(Nc1ccccc1)NC1CCN(C(=O)NC[C@@H]2CCCO2)CC1. The third kappa shape index (κ3) is 5.35. The van der Waals surface area contributed by atoms with Crippen molar-refractivity contribution in [3.63, 3.8) is 0 Å². The lowest BCUT2D eigenvalue weighted by molar-refractivity contribution is 0.107. The van der Waals surface area contributed by atoms with Gasteiger partial charge in [-0.05, 0) is 37.8 Å². The van der Waals surface area contributed by atoms with Crippen LogP contribution in [-0.2, 0) is 4.74 Å². The third-order valence-corrected chi connectivity index (χ3v) is 4.65. The van der Waals surface area contributed by atoms with Crippen molar-refractivity contribution < 1.29 is 14.3 Å². The first-order valence-corrected chi connectivity index (χ1v) is 8.97. The average Bonchev–Trinajstić information content (AvgIpc) is 3.14. The molecule has 2 saturated heterocycles. The molecule has 4 amide bonds. The van der Waals surface area contributed by atoms with Gasteiger partial charge in [-0.1, -0.05) is 18.2 Å². The number of hydrogen-bond acceptors (Lipinski definition) is 3. The highest BCUT2D eigenvalue weighted by atomic mass is 16.5. The van der Waals surface area contributed by atoms with Gasteiger partial charge in [-0.15, -0.1) is 0 Å². The van der Waals surface area contributed by atoms with Gasteiger partial charge in [0.2, 0.25) is 0 Å². The van der Waals surface area contributed by atoms with Gasteiger partial charge in [-0.3, -0.25) is 0 Å². The van der Waals surface area contributed by atoms with E-state index in [1.165, 1.54) is 0 Å². The number of nitrogens with zero attached hydrogens (tertiary/aromatic N) is 1. The van der Waals surface area contributed by atoms with Crippen molar-refractivity contribution in [1.29, 1.82) is 0 Å². The van der Waals surface area contributed by atoms with E-state index in [1.54, 1.807) is 0 Å². The van der Waals surface area contributed by atoms with Crippen LogP contribution in [0.3, 0.4) is 0 Å². The van der Waals surface area contributed by atoms with Crippen LogP contribution in [0.15, 0.2) is 30.3 Å². The van der Waals surface area contributed by atoms with E-state index in [0.717, 1.165) is 38.0 Å². The Hall–Kier alpha value is -2.28. The lowest BCUT2D eigenvalue weighted by Crippen LogP contribution is -2.50. The van der Waals surface area contributed by atoms with Crippen LogP contribution in [0.2, 0.25) is 0 Å². The Bertz CT molecular complexity index is 567. The van der Waals surface area contributed by atoms with Crippen LogP contribution in [0.4, 0.5) is 15.3 Å². The Balaban J connectivity index is 1.35. The van der Waals surface area contributed by atoms with Crippen molar-refractivity contribution in [2.45, 2.75) is 37.8 Å². The number of benzene rings is 1. The molecule has 136 valence electrons. The fraction of sp³-hybridized carbons (Fsp3) is 0.556. The normalized spacial score (nSPS) is 21.0. The highest BCUT2D eigenvalue weighted by molar-refractivity contribution is 5.89. The fourth-order valence-corrected chi connectivity index (χ4v) is 3.22. The van der Waals surface area contributed by atoms with Crippen LogP contribution in [0.1, 0.15) is 25.7 Å². The number of piperidine rings is 1. The Labute approximate surface area is 148 Å². The third-order valence-electron chi connectivity index (χ3n) is 4.65. The van der Waals surface area contributed by atoms with Crippen molar-refractivity contribution in [1.82, 2.24) is 15.5 Å².